The van der Waals surface area contributed by atoms with Crippen molar-refractivity contribution in [1.82, 2.24) is 0 Å². The minimum Gasteiger partial charge on any atom is -0.385 e. The Labute approximate surface area is 85.7 Å². The van der Waals surface area contributed by atoms with E-state index in [2.05, 4.69) is 15.9 Å². The Kier molecular flexibility index (Phi) is 2.41. The van der Waals surface area contributed by atoms with Crippen molar-refractivity contribution in [2.45, 2.75) is 12.0 Å². The summed E-state index contributed by atoms with van der Waals surface area (Å²) in [6.07, 6.45) is 0.661. The van der Waals surface area contributed by atoms with E-state index < -0.39 is 5.60 Å². The molecule has 0 bridgehead atoms. The van der Waals surface area contributed by atoms with Crippen LogP contribution in [0.3, 0.4) is 0 Å². The van der Waals surface area contributed by atoms with Crippen LogP contribution in [0.1, 0.15) is 5.56 Å². The van der Waals surface area contributed by atoms with Gasteiger partial charge in [-0.2, -0.15) is 0 Å². The lowest BCUT2D eigenvalue weighted by atomic mass is 9.93. The van der Waals surface area contributed by atoms with Crippen LogP contribution in [0, 0.1) is 0 Å². The SMILES string of the molecule is OC1(Cc2ccccc2Br)COC1. The first-order valence-corrected chi connectivity index (χ1v) is 5.02. The fourth-order valence-corrected chi connectivity index (χ4v) is 1.86. The van der Waals surface area contributed by atoms with Crippen LogP contribution in [-0.4, -0.2) is 23.9 Å². The third-order valence-electron chi connectivity index (χ3n) is 2.22. The molecule has 0 aliphatic carbocycles. The van der Waals surface area contributed by atoms with E-state index in [1.807, 2.05) is 24.3 Å². The third-order valence-corrected chi connectivity index (χ3v) is 2.99. The fraction of sp³-hybridized carbons (Fsp3) is 0.400. The summed E-state index contributed by atoms with van der Waals surface area (Å²) in [6, 6.07) is 7.94. The molecule has 0 amide bonds. The van der Waals surface area contributed by atoms with Crippen molar-refractivity contribution in [3.8, 4) is 0 Å². The number of aliphatic hydroxyl groups is 1. The van der Waals surface area contributed by atoms with Gasteiger partial charge in [-0.1, -0.05) is 34.1 Å². The molecule has 1 aromatic carbocycles. The Morgan fingerprint density at radius 1 is 1.38 bits per heavy atom. The molecule has 0 spiro atoms. The number of benzene rings is 1. The smallest absolute Gasteiger partial charge is 0.115 e. The molecule has 1 saturated heterocycles. The van der Waals surface area contributed by atoms with E-state index in [1.165, 1.54) is 0 Å². The molecule has 0 saturated carbocycles. The second-order valence-corrected chi connectivity index (χ2v) is 4.34. The van der Waals surface area contributed by atoms with E-state index in [1.54, 1.807) is 0 Å². The molecule has 70 valence electrons. The minimum absolute atomic E-state index is 0.453. The van der Waals surface area contributed by atoms with Crippen molar-refractivity contribution in [2.24, 2.45) is 0 Å². The molecule has 0 aromatic heterocycles. The van der Waals surface area contributed by atoms with Gasteiger partial charge < -0.3 is 9.84 Å². The number of rotatable bonds is 2. The molecular formula is C10H11BrO2. The average molecular weight is 243 g/mol. The van der Waals surface area contributed by atoms with Crippen LogP contribution in [0.15, 0.2) is 28.7 Å². The highest BCUT2D eigenvalue weighted by Gasteiger charge is 2.36. The van der Waals surface area contributed by atoms with Gasteiger partial charge in [0.25, 0.3) is 0 Å². The molecule has 0 atom stereocenters. The fourth-order valence-electron chi connectivity index (χ4n) is 1.44. The zero-order chi connectivity index (χ0) is 9.31. The molecule has 1 heterocycles. The number of hydrogen-bond donors (Lipinski definition) is 1. The first kappa shape index (κ1) is 9.19. The zero-order valence-corrected chi connectivity index (χ0v) is 8.75. The molecular weight excluding hydrogens is 232 g/mol. The summed E-state index contributed by atoms with van der Waals surface area (Å²) in [5.41, 5.74) is 0.498. The molecule has 1 N–H and O–H groups in total. The summed E-state index contributed by atoms with van der Waals surface area (Å²) in [6.45, 7) is 0.905. The molecule has 13 heavy (non-hydrogen) atoms. The monoisotopic (exact) mass is 242 g/mol. The molecule has 0 unspecified atom stereocenters. The first-order chi connectivity index (χ1) is 6.20. The second-order valence-electron chi connectivity index (χ2n) is 3.49. The summed E-state index contributed by atoms with van der Waals surface area (Å²) in [7, 11) is 0. The van der Waals surface area contributed by atoms with Gasteiger partial charge in [0.05, 0.1) is 13.2 Å². The van der Waals surface area contributed by atoms with E-state index in [0.29, 0.717) is 19.6 Å². The van der Waals surface area contributed by atoms with E-state index in [4.69, 9.17) is 4.74 Å². The maximum absolute atomic E-state index is 9.84. The lowest BCUT2D eigenvalue weighted by molar-refractivity contribution is -0.176. The first-order valence-electron chi connectivity index (χ1n) is 4.23. The highest BCUT2D eigenvalue weighted by Crippen LogP contribution is 2.26. The largest absolute Gasteiger partial charge is 0.385 e. The van der Waals surface area contributed by atoms with Gasteiger partial charge in [0.15, 0.2) is 0 Å². The van der Waals surface area contributed by atoms with Crippen molar-refractivity contribution in [2.75, 3.05) is 13.2 Å². The van der Waals surface area contributed by atoms with Crippen molar-refractivity contribution in [3.63, 3.8) is 0 Å². The van der Waals surface area contributed by atoms with E-state index >= 15 is 0 Å². The lowest BCUT2D eigenvalue weighted by Crippen LogP contribution is -2.51. The minimum atomic E-state index is -0.635. The molecule has 2 nitrogen and oxygen atoms in total. The van der Waals surface area contributed by atoms with Crippen LogP contribution in [-0.2, 0) is 11.2 Å². The highest BCUT2D eigenvalue weighted by molar-refractivity contribution is 9.10. The van der Waals surface area contributed by atoms with Crippen molar-refractivity contribution >= 4 is 15.9 Å². The van der Waals surface area contributed by atoms with Gasteiger partial charge >= 0.3 is 0 Å². The highest BCUT2D eigenvalue weighted by atomic mass is 79.9. The van der Waals surface area contributed by atoms with Crippen molar-refractivity contribution in [3.05, 3.63) is 34.3 Å². The number of ether oxygens (including phenoxy) is 1. The third kappa shape index (κ3) is 1.93. The van der Waals surface area contributed by atoms with Gasteiger partial charge in [-0.3, -0.25) is 0 Å². The van der Waals surface area contributed by atoms with E-state index in [9.17, 15) is 5.11 Å². The van der Waals surface area contributed by atoms with Crippen LogP contribution >= 0.6 is 15.9 Å². The number of halogens is 1. The zero-order valence-electron chi connectivity index (χ0n) is 7.16. The maximum atomic E-state index is 9.84. The summed E-state index contributed by atoms with van der Waals surface area (Å²) < 4.78 is 6.04. The summed E-state index contributed by atoms with van der Waals surface area (Å²) in [5.74, 6) is 0. The predicted octanol–water partition coefficient (Wildman–Crippen LogP) is 1.75. The van der Waals surface area contributed by atoms with Crippen LogP contribution in [0.4, 0.5) is 0 Å². The molecule has 1 aromatic rings. The molecule has 1 aliphatic rings. The van der Waals surface area contributed by atoms with Gasteiger partial charge in [0, 0.05) is 10.9 Å². The van der Waals surface area contributed by atoms with E-state index in [-0.39, 0.29) is 0 Å². The van der Waals surface area contributed by atoms with Crippen molar-refractivity contribution in [1.29, 1.82) is 0 Å². The summed E-state index contributed by atoms with van der Waals surface area (Å²) >= 11 is 3.45. The van der Waals surface area contributed by atoms with Crippen LogP contribution < -0.4 is 0 Å². The Morgan fingerprint density at radius 3 is 2.62 bits per heavy atom. The van der Waals surface area contributed by atoms with Gasteiger partial charge in [0.2, 0.25) is 0 Å². The normalized spacial score (nSPS) is 19.5. The van der Waals surface area contributed by atoms with Gasteiger partial charge in [-0.05, 0) is 11.6 Å². The Bertz CT molecular complexity index is 308. The molecule has 1 aliphatic heterocycles. The topological polar surface area (TPSA) is 29.5 Å². The van der Waals surface area contributed by atoms with Crippen LogP contribution in [0.25, 0.3) is 0 Å². The number of hydrogen-bond acceptors (Lipinski definition) is 2. The molecule has 3 heteroatoms. The van der Waals surface area contributed by atoms with Crippen molar-refractivity contribution < 1.29 is 9.84 Å². The van der Waals surface area contributed by atoms with Gasteiger partial charge in [-0.25, -0.2) is 0 Å². The quantitative estimate of drug-likeness (QED) is 0.857. The predicted molar refractivity (Wildman–Crippen MR) is 53.6 cm³/mol. The van der Waals surface area contributed by atoms with Crippen LogP contribution in [0.5, 0.6) is 0 Å². The summed E-state index contributed by atoms with van der Waals surface area (Å²) in [4.78, 5) is 0. The second kappa shape index (κ2) is 3.40. The Hall–Kier alpha value is -0.380. The van der Waals surface area contributed by atoms with E-state index in [0.717, 1.165) is 10.0 Å². The molecule has 1 fully saturated rings. The summed E-state index contributed by atoms with van der Waals surface area (Å²) in [5, 5.41) is 9.84. The maximum Gasteiger partial charge on any atom is 0.115 e. The van der Waals surface area contributed by atoms with Gasteiger partial charge in [-0.15, -0.1) is 0 Å². The Balaban J connectivity index is 2.13. The average Bonchev–Trinajstić information content (AvgIpc) is 2.06. The Morgan fingerprint density at radius 2 is 2.08 bits per heavy atom. The molecule has 2 rings (SSSR count). The lowest BCUT2D eigenvalue weighted by Gasteiger charge is -2.36. The standard InChI is InChI=1S/C10H11BrO2/c11-9-4-2-1-3-8(9)5-10(12)6-13-7-10/h1-4,12H,5-7H2. The van der Waals surface area contributed by atoms with Crippen LogP contribution in [0.2, 0.25) is 0 Å². The van der Waals surface area contributed by atoms with Gasteiger partial charge in [0.1, 0.15) is 5.60 Å². The molecule has 0 radical (unpaired) electrons.